The van der Waals surface area contributed by atoms with Crippen molar-refractivity contribution < 1.29 is 9.53 Å². The molecule has 0 spiro atoms. The van der Waals surface area contributed by atoms with Gasteiger partial charge in [-0.25, -0.2) is 4.79 Å². The molecule has 0 heterocycles. The minimum atomic E-state index is -0.154. The number of ether oxygens (including phenoxy) is 1. The third-order valence-electron chi connectivity index (χ3n) is 2.45. The summed E-state index contributed by atoms with van der Waals surface area (Å²) in [7, 11) is 1.64. The van der Waals surface area contributed by atoms with Crippen LogP contribution < -0.4 is 10.6 Å². The highest BCUT2D eigenvalue weighted by molar-refractivity contribution is 6.31. The highest BCUT2D eigenvalue weighted by Crippen LogP contribution is 2.14. The quantitative estimate of drug-likeness (QED) is 0.747. The lowest BCUT2D eigenvalue weighted by Crippen LogP contribution is -2.37. The van der Waals surface area contributed by atoms with Gasteiger partial charge in [0.15, 0.2) is 0 Å². The van der Waals surface area contributed by atoms with Crippen LogP contribution in [-0.4, -0.2) is 32.8 Å². The van der Waals surface area contributed by atoms with Crippen molar-refractivity contribution in [1.29, 1.82) is 0 Å². The van der Waals surface area contributed by atoms with Crippen LogP contribution in [0.25, 0.3) is 0 Å². The molecule has 18 heavy (non-hydrogen) atoms. The van der Waals surface area contributed by atoms with E-state index in [9.17, 15) is 4.79 Å². The molecule has 0 aliphatic rings. The smallest absolute Gasteiger partial charge is 0.314 e. The number of halogens is 1. The van der Waals surface area contributed by atoms with E-state index in [1.165, 1.54) is 0 Å². The van der Waals surface area contributed by atoms with Gasteiger partial charge in [-0.15, -0.1) is 0 Å². The molecule has 0 aromatic heterocycles. The molecule has 0 saturated heterocycles. The Balaban J connectivity index is 2.14. The third kappa shape index (κ3) is 5.89. The second-order valence-electron chi connectivity index (χ2n) is 3.87. The summed E-state index contributed by atoms with van der Waals surface area (Å²) < 4.78 is 4.89. The maximum Gasteiger partial charge on any atom is 0.314 e. The van der Waals surface area contributed by atoms with E-state index in [0.717, 1.165) is 23.4 Å². The lowest BCUT2D eigenvalue weighted by molar-refractivity contribution is 0.193. The predicted octanol–water partition coefficient (Wildman–Crippen LogP) is 2.22. The summed E-state index contributed by atoms with van der Waals surface area (Å²) in [4.78, 5) is 11.4. The molecule has 1 rings (SSSR count). The van der Waals surface area contributed by atoms with E-state index in [0.29, 0.717) is 19.7 Å². The van der Waals surface area contributed by atoms with Gasteiger partial charge < -0.3 is 15.4 Å². The number of carbonyl (C=O) groups excluding carboxylic acids is 1. The largest absolute Gasteiger partial charge is 0.385 e. The standard InChI is InChI=1S/C13H19ClN2O2/c1-18-10-4-8-15-13(17)16-9-7-11-5-2-3-6-12(11)14/h2-3,5-6H,4,7-10H2,1H3,(H2,15,16,17). The fourth-order valence-corrected chi connectivity index (χ4v) is 1.72. The molecule has 4 nitrogen and oxygen atoms in total. The van der Waals surface area contributed by atoms with Crippen LogP contribution in [0.5, 0.6) is 0 Å². The fourth-order valence-electron chi connectivity index (χ4n) is 1.49. The van der Waals surface area contributed by atoms with E-state index in [-0.39, 0.29) is 6.03 Å². The van der Waals surface area contributed by atoms with Crippen LogP contribution in [0, 0.1) is 0 Å². The molecule has 0 atom stereocenters. The Labute approximate surface area is 113 Å². The van der Waals surface area contributed by atoms with Crippen molar-refractivity contribution in [2.75, 3.05) is 26.8 Å². The summed E-state index contributed by atoms with van der Waals surface area (Å²) in [6.45, 7) is 1.84. The van der Waals surface area contributed by atoms with E-state index in [1.807, 2.05) is 24.3 Å². The summed E-state index contributed by atoms with van der Waals surface area (Å²) in [6, 6.07) is 7.48. The fraction of sp³-hybridized carbons (Fsp3) is 0.462. The normalized spacial score (nSPS) is 10.1. The number of rotatable bonds is 7. The van der Waals surface area contributed by atoms with Gasteiger partial charge in [0.2, 0.25) is 0 Å². The van der Waals surface area contributed by atoms with Gasteiger partial charge in [-0.2, -0.15) is 0 Å². The van der Waals surface area contributed by atoms with E-state index < -0.39 is 0 Å². The average molecular weight is 271 g/mol. The average Bonchev–Trinajstić information content (AvgIpc) is 2.37. The Bertz CT molecular complexity index is 372. The molecule has 0 saturated carbocycles. The van der Waals surface area contributed by atoms with E-state index >= 15 is 0 Å². The van der Waals surface area contributed by atoms with E-state index in [4.69, 9.17) is 16.3 Å². The molecular weight excluding hydrogens is 252 g/mol. The lowest BCUT2D eigenvalue weighted by atomic mass is 10.1. The van der Waals surface area contributed by atoms with Crippen LogP contribution in [0.2, 0.25) is 5.02 Å². The molecule has 0 aliphatic carbocycles. The third-order valence-corrected chi connectivity index (χ3v) is 2.82. The number of amides is 2. The molecule has 5 heteroatoms. The summed E-state index contributed by atoms with van der Waals surface area (Å²) in [5.74, 6) is 0. The molecule has 0 bridgehead atoms. The highest BCUT2D eigenvalue weighted by atomic mass is 35.5. The first-order valence-electron chi connectivity index (χ1n) is 5.98. The van der Waals surface area contributed by atoms with Gasteiger partial charge in [0, 0.05) is 31.8 Å². The summed E-state index contributed by atoms with van der Waals surface area (Å²) in [5, 5.41) is 6.28. The molecular formula is C13H19ClN2O2. The van der Waals surface area contributed by atoms with Gasteiger partial charge in [0.05, 0.1) is 0 Å². The molecule has 1 aromatic rings. The Morgan fingerprint density at radius 1 is 1.28 bits per heavy atom. The van der Waals surface area contributed by atoms with Gasteiger partial charge in [-0.1, -0.05) is 29.8 Å². The Morgan fingerprint density at radius 2 is 2.00 bits per heavy atom. The first kappa shape index (κ1) is 14.8. The monoisotopic (exact) mass is 270 g/mol. The number of nitrogens with one attached hydrogen (secondary N) is 2. The van der Waals surface area contributed by atoms with Crippen LogP contribution in [-0.2, 0) is 11.2 Å². The zero-order chi connectivity index (χ0) is 13.2. The maximum absolute atomic E-state index is 11.4. The van der Waals surface area contributed by atoms with Crippen molar-refractivity contribution in [2.45, 2.75) is 12.8 Å². The zero-order valence-electron chi connectivity index (χ0n) is 10.5. The molecule has 2 amide bonds. The van der Waals surface area contributed by atoms with Crippen LogP contribution in [0.3, 0.4) is 0 Å². The summed E-state index contributed by atoms with van der Waals surface area (Å²) in [5.41, 5.74) is 1.04. The second-order valence-corrected chi connectivity index (χ2v) is 4.28. The van der Waals surface area contributed by atoms with Gasteiger partial charge in [0.25, 0.3) is 0 Å². The number of urea groups is 1. The second kappa shape index (κ2) is 8.78. The maximum atomic E-state index is 11.4. The van der Waals surface area contributed by atoms with Crippen molar-refractivity contribution in [1.82, 2.24) is 10.6 Å². The van der Waals surface area contributed by atoms with Gasteiger partial charge in [-0.3, -0.25) is 0 Å². The first-order chi connectivity index (χ1) is 8.74. The van der Waals surface area contributed by atoms with Crippen LogP contribution >= 0.6 is 11.6 Å². The van der Waals surface area contributed by atoms with Gasteiger partial charge in [-0.05, 0) is 24.5 Å². The number of methoxy groups -OCH3 is 1. The molecule has 1 aromatic carbocycles. The van der Waals surface area contributed by atoms with Crippen LogP contribution in [0.1, 0.15) is 12.0 Å². The summed E-state index contributed by atoms with van der Waals surface area (Å²) >= 11 is 6.02. The van der Waals surface area contributed by atoms with E-state index in [1.54, 1.807) is 7.11 Å². The SMILES string of the molecule is COCCCNC(=O)NCCc1ccccc1Cl. The zero-order valence-corrected chi connectivity index (χ0v) is 11.3. The minimum absolute atomic E-state index is 0.154. The Hall–Kier alpha value is -1.26. The highest BCUT2D eigenvalue weighted by Gasteiger charge is 2.01. The van der Waals surface area contributed by atoms with Gasteiger partial charge >= 0.3 is 6.03 Å². The van der Waals surface area contributed by atoms with Crippen LogP contribution in [0.15, 0.2) is 24.3 Å². The van der Waals surface area contributed by atoms with Crippen LogP contribution in [0.4, 0.5) is 4.79 Å². The van der Waals surface area contributed by atoms with Crippen molar-refractivity contribution in [3.63, 3.8) is 0 Å². The van der Waals surface area contributed by atoms with Crippen molar-refractivity contribution >= 4 is 17.6 Å². The number of hydrogen-bond donors (Lipinski definition) is 2. The summed E-state index contributed by atoms with van der Waals surface area (Å²) in [6.07, 6.45) is 1.54. The first-order valence-corrected chi connectivity index (χ1v) is 6.36. The Morgan fingerprint density at radius 3 is 2.72 bits per heavy atom. The lowest BCUT2D eigenvalue weighted by Gasteiger charge is -2.08. The van der Waals surface area contributed by atoms with Crippen molar-refractivity contribution in [2.24, 2.45) is 0 Å². The molecule has 2 N–H and O–H groups in total. The predicted molar refractivity (Wildman–Crippen MR) is 73.1 cm³/mol. The number of benzene rings is 1. The topological polar surface area (TPSA) is 50.4 Å². The Kier molecular flexibility index (Phi) is 7.22. The molecule has 100 valence electrons. The van der Waals surface area contributed by atoms with Crippen molar-refractivity contribution in [3.05, 3.63) is 34.9 Å². The van der Waals surface area contributed by atoms with Gasteiger partial charge in [0.1, 0.15) is 0 Å². The number of hydrogen-bond acceptors (Lipinski definition) is 2. The minimum Gasteiger partial charge on any atom is -0.385 e. The van der Waals surface area contributed by atoms with Crippen molar-refractivity contribution in [3.8, 4) is 0 Å². The molecule has 0 fully saturated rings. The molecule has 0 radical (unpaired) electrons. The van der Waals surface area contributed by atoms with E-state index in [2.05, 4.69) is 10.6 Å². The number of carbonyl (C=O) groups is 1. The molecule has 0 aliphatic heterocycles. The molecule has 0 unspecified atom stereocenters.